The first kappa shape index (κ1) is 29.3. The summed E-state index contributed by atoms with van der Waals surface area (Å²) in [6, 6.07) is 12.0. The van der Waals surface area contributed by atoms with Gasteiger partial charge in [0.05, 0.1) is 43.4 Å². The average molecular weight is 629 g/mol. The van der Waals surface area contributed by atoms with Crippen molar-refractivity contribution in [1.82, 2.24) is 14.9 Å². The van der Waals surface area contributed by atoms with Crippen molar-refractivity contribution < 1.29 is 22.4 Å². The lowest BCUT2D eigenvalue weighted by Crippen LogP contribution is -2.41. The summed E-state index contributed by atoms with van der Waals surface area (Å²) >= 11 is 19.6. The average Bonchev–Trinajstić information content (AvgIpc) is 3.23. The van der Waals surface area contributed by atoms with E-state index in [1.165, 1.54) is 18.2 Å². The number of piperidine rings is 1. The summed E-state index contributed by atoms with van der Waals surface area (Å²) in [6.07, 6.45) is -3.77. The monoisotopic (exact) mass is 627 g/mol. The number of hydrogen-bond donors (Lipinski definition) is 2. The predicted molar refractivity (Wildman–Crippen MR) is 154 cm³/mol. The van der Waals surface area contributed by atoms with E-state index in [9.17, 15) is 22.4 Å². The van der Waals surface area contributed by atoms with E-state index in [-0.39, 0.29) is 30.1 Å². The van der Waals surface area contributed by atoms with Gasteiger partial charge in [0.15, 0.2) is 0 Å². The van der Waals surface area contributed by atoms with E-state index in [0.29, 0.717) is 56.9 Å². The molecule has 3 aromatic carbocycles. The zero-order valence-corrected chi connectivity index (χ0v) is 23.9. The Hall–Kier alpha value is -3.21. The van der Waals surface area contributed by atoms with Crippen molar-refractivity contribution >= 4 is 69.1 Å². The first-order chi connectivity index (χ1) is 19.4. The van der Waals surface area contributed by atoms with Crippen LogP contribution in [0.15, 0.2) is 48.5 Å². The second-order valence-corrected chi connectivity index (χ2v) is 11.0. The van der Waals surface area contributed by atoms with Crippen molar-refractivity contribution in [2.75, 3.05) is 23.3 Å². The number of carbonyl (C=O) groups is 1. The van der Waals surface area contributed by atoms with Crippen LogP contribution in [-0.2, 0) is 13.6 Å². The molecule has 1 aliphatic rings. The molecule has 5 rings (SSSR count). The lowest BCUT2D eigenvalue weighted by molar-refractivity contribution is -0.175. The molecule has 0 saturated carbocycles. The number of aromatic nitrogens is 2. The quantitative estimate of drug-likeness (QED) is 0.212. The fourth-order valence-corrected chi connectivity index (χ4v) is 5.69. The lowest BCUT2D eigenvalue weighted by atomic mass is 9.97. The van der Waals surface area contributed by atoms with Gasteiger partial charge in [-0.1, -0.05) is 46.9 Å². The number of carbonyl (C=O) groups excluding carboxylic acids is 1. The third kappa shape index (κ3) is 6.19. The van der Waals surface area contributed by atoms with E-state index in [0.717, 1.165) is 6.07 Å². The zero-order valence-electron chi connectivity index (χ0n) is 21.6. The van der Waals surface area contributed by atoms with Crippen LogP contribution in [-0.4, -0.2) is 34.7 Å². The maximum absolute atomic E-state index is 13.5. The van der Waals surface area contributed by atoms with Gasteiger partial charge in [-0.25, -0.2) is 9.37 Å². The van der Waals surface area contributed by atoms with Crippen LogP contribution in [0.3, 0.4) is 0 Å². The molecular weight excluding hydrogens is 605 g/mol. The van der Waals surface area contributed by atoms with Gasteiger partial charge in [0, 0.05) is 32.2 Å². The number of aryl methyl sites for hydroxylation is 1. The molecule has 2 N–H and O–H groups in total. The highest BCUT2D eigenvalue weighted by Gasteiger charge is 2.42. The summed E-state index contributed by atoms with van der Waals surface area (Å²) in [5.74, 6) is -2.04. The molecule has 0 spiro atoms. The minimum atomic E-state index is -4.27. The Morgan fingerprint density at radius 2 is 1.88 bits per heavy atom. The van der Waals surface area contributed by atoms with Crippen molar-refractivity contribution in [3.05, 3.63) is 80.5 Å². The topological polar surface area (TPSA) is 62.2 Å². The van der Waals surface area contributed by atoms with Crippen molar-refractivity contribution in [1.29, 1.82) is 0 Å². The van der Waals surface area contributed by atoms with Crippen LogP contribution in [0, 0.1) is 11.7 Å². The number of imidazole rings is 1. The van der Waals surface area contributed by atoms with Gasteiger partial charge < -0.3 is 20.1 Å². The molecule has 1 amide bonds. The van der Waals surface area contributed by atoms with Gasteiger partial charge in [0.1, 0.15) is 5.82 Å². The third-order valence-corrected chi connectivity index (χ3v) is 8.16. The van der Waals surface area contributed by atoms with E-state index in [4.69, 9.17) is 34.8 Å². The van der Waals surface area contributed by atoms with Crippen molar-refractivity contribution in [3.63, 3.8) is 0 Å². The normalized spacial score (nSPS) is 15.8. The van der Waals surface area contributed by atoms with Gasteiger partial charge in [0.2, 0.25) is 5.95 Å². The molecule has 1 unspecified atom stereocenters. The van der Waals surface area contributed by atoms with Crippen LogP contribution in [0.5, 0.6) is 0 Å². The maximum Gasteiger partial charge on any atom is 0.393 e. The number of benzene rings is 3. The highest BCUT2D eigenvalue weighted by Crippen LogP contribution is 2.40. The number of nitrogens with one attached hydrogen (secondary N) is 2. The van der Waals surface area contributed by atoms with E-state index in [1.807, 2.05) is 0 Å². The number of amides is 1. The summed E-state index contributed by atoms with van der Waals surface area (Å²) in [4.78, 5) is 18.7. The number of rotatable bonds is 6. The highest BCUT2D eigenvalue weighted by molar-refractivity contribution is 6.39. The molecule has 1 aromatic heterocycles. The van der Waals surface area contributed by atoms with E-state index >= 15 is 0 Å². The van der Waals surface area contributed by atoms with Crippen molar-refractivity contribution in [2.45, 2.75) is 25.6 Å². The smallest absolute Gasteiger partial charge is 0.370 e. The molecular formula is C28H24Cl3F4N5O. The van der Waals surface area contributed by atoms with Gasteiger partial charge in [-0.2, -0.15) is 13.2 Å². The Morgan fingerprint density at radius 3 is 2.61 bits per heavy atom. The van der Waals surface area contributed by atoms with E-state index in [2.05, 4.69) is 15.6 Å². The van der Waals surface area contributed by atoms with Crippen LogP contribution in [0.1, 0.15) is 28.8 Å². The molecule has 13 heteroatoms. The molecule has 1 fully saturated rings. The summed E-state index contributed by atoms with van der Waals surface area (Å²) in [5.41, 5.74) is 2.75. The van der Waals surface area contributed by atoms with Crippen LogP contribution < -0.4 is 15.5 Å². The van der Waals surface area contributed by atoms with Gasteiger partial charge in [0.25, 0.3) is 5.91 Å². The molecule has 0 bridgehead atoms. The Kier molecular flexibility index (Phi) is 8.27. The minimum absolute atomic E-state index is 0.0519. The molecule has 0 aliphatic carbocycles. The fourth-order valence-electron chi connectivity index (χ4n) is 4.88. The molecule has 4 aromatic rings. The van der Waals surface area contributed by atoms with E-state index in [1.54, 1.807) is 40.8 Å². The second-order valence-electron chi connectivity index (χ2n) is 9.83. The Bertz CT molecular complexity index is 1620. The van der Waals surface area contributed by atoms with Crippen LogP contribution >= 0.6 is 34.8 Å². The first-order valence-electron chi connectivity index (χ1n) is 12.7. The standard InChI is InChI=1S/C28H24Cl3F4N5O/c1-39-23-12-22(40-9-3-5-17(14-40)28(33,34)35)20(30)11-21(23)37-27(39)38-25-19(29)8-7-16(24(25)31)13-36-26(41)15-4-2-6-18(32)10-15/h2,4,6-8,10-12,17H,3,5,9,13-14H2,1H3,(H,36,41)(H,37,38). The van der Waals surface area contributed by atoms with E-state index < -0.39 is 23.8 Å². The Labute approximate surface area is 248 Å². The number of alkyl halides is 3. The molecule has 216 valence electrons. The molecule has 41 heavy (non-hydrogen) atoms. The summed E-state index contributed by atoms with van der Waals surface area (Å²) in [6.45, 7) is 0.357. The molecule has 2 heterocycles. The molecule has 1 aliphatic heterocycles. The van der Waals surface area contributed by atoms with Crippen LogP contribution in [0.25, 0.3) is 11.0 Å². The SMILES string of the molecule is Cn1c(Nc2c(Cl)ccc(CNC(=O)c3cccc(F)c3)c2Cl)nc2cc(Cl)c(N3CCCC(C(F)(F)F)C3)cc21. The number of halogens is 7. The molecule has 1 atom stereocenters. The summed E-state index contributed by atoms with van der Waals surface area (Å²) in [5, 5.41) is 6.69. The van der Waals surface area contributed by atoms with Crippen molar-refractivity contribution in [3.8, 4) is 0 Å². The molecule has 6 nitrogen and oxygen atoms in total. The van der Waals surface area contributed by atoms with Crippen LogP contribution in [0.2, 0.25) is 15.1 Å². The number of nitrogens with zero attached hydrogens (tertiary/aromatic N) is 3. The first-order valence-corrected chi connectivity index (χ1v) is 13.8. The van der Waals surface area contributed by atoms with Crippen molar-refractivity contribution in [2.24, 2.45) is 13.0 Å². The lowest BCUT2D eigenvalue weighted by Gasteiger charge is -2.35. The maximum atomic E-state index is 13.5. The Balaban J connectivity index is 1.39. The number of fused-ring (bicyclic) bond motifs is 1. The van der Waals surface area contributed by atoms with Crippen LogP contribution in [0.4, 0.5) is 34.9 Å². The Morgan fingerprint density at radius 1 is 1.10 bits per heavy atom. The largest absolute Gasteiger partial charge is 0.393 e. The van der Waals surface area contributed by atoms with Gasteiger partial charge in [-0.05, 0) is 54.8 Å². The highest BCUT2D eigenvalue weighted by atomic mass is 35.5. The third-order valence-electron chi connectivity index (χ3n) is 7.11. The minimum Gasteiger partial charge on any atom is -0.370 e. The van der Waals surface area contributed by atoms with Gasteiger partial charge in [-0.3, -0.25) is 4.79 Å². The fraction of sp³-hybridized carbons (Fsp3) is 0.286. The zero-order chi connectivity index (χ0) is 29.5. The summed E-state index contributed by atoms with van der Waals surface area (Å²) in [7, 11) is 1.74. The van der Waals surface area contributed by atoms with Gasteiger partial charge >= 0.3 is 6.18 Å². The number of anilines is 3. The molecule has 0 radical (unpaired) electrons. The second kappa shape index (κ2) is 11.6. The predicted octanol–water partition coefficient (Wildman–Crippen LogP) is 8.12. The number of hydrogen-bond acceptors (Lipinski definition) is 4. The molecule has 1 saturated heterocycles. The summed E-state index contributed by atoms with van der Waals surface area (Å²) < 4.78 is 55.4. The van der Waals surface area contributed by atoms with Gasteiger partial charge in [-0.15, -0.1) is 0 Å².